The second kappa shape index (κ2) is 6.19. The number of aryl methyl sites for hydroxylation is 1. The van der Waals surface area contributed by atoms with E-state index in [0.717, 1.165) is 25.1 Å². The van der Waals surface area contributed by atoms with Gasteiger partial charge in [0.1, 0.15) is 0 Å². The quantitative estimate of drug-likeness (QED) is 0.870. The van der Waals surface area contributed by atoms with Gasteiger partial charge in [0.2, 0.25) is 5.91 Å². The van der Waals surface area contributed by atoms with Crippen molar-refractivity contribution in [2.45, 2.75) is 45.2 Å². The number of nitrogens with zero attached hydrogens (tertiary/aromatic N) is 3. The first-order chi connectivity index (χ1) is 9.06. The Labute approximate surface area is 115 Å². The highest BCUT2D eigenvalue weighted by Crippen LogP contribution is 2.17. The zero-order valence-corrected chi connectivity index (χ0v) is 12.1. The number of hydrogen-bond acceptors (Lipinski definition) is 3. The van der Waals surface area contributed by atoms with Gasteiger partial charge >= 0.3 is 0 Å². The highest BCUT2D eigenvalue weighted by atomic mass is 16.2. The molecule has 0 aromatic carbocycles. The fraction of sp³-hybridized carbons (Fsp3) is 0.714. The molecule has 5 heteroatoms. The van der Waals surface area contributed by atoms with Crippen molar-refractivity contribution < 1.29 is 4.79 Å². The number of aromatic nitrogens is 2. The summed E-state index contributed by atoms with van der Waals surface area (Å²) in [5.74, 6) is 0.135. The van der Waals surface area contributed by atoms with Crippen LogP contribution < -0.4 is 5.32 Å². The van der Waals surface area contributed by atoms with Gasteiger partial charge in [-0.05, 0) is 26.8 Å². The third-order valence-corrected chi connectivity index (χ3v) is 3.91. The Morgan fingerprint density at radius 1 is 1.53 bits per heavy atom. The summed E-state index contributed by atoms with van der Waals surface area (Å²) in [6.45, 7) is 3.26. The lowest BCUT2D eigenvalue weighted by Crippen LogP contribution is -2.39. The van der Waals surface area contributed by atoms with E-state index in [0.29, 0.717) is 12.6 Å². The molecule has 2 rings (SSSR count). The minimum absolute atomic E-state index is 0.135. The summed E-state index contributed by atoms with van der Waals surface area (Å²) < 4.78 is 1.86. The lowest BCUT2D eigenvalue weighted by atomic mass is 10.2. The number of likely N-dealkylation sites (N-methyl/N-ethyl adjacent to an activating group) is 1. The molecule has 1 heterocycles. The van der Waals surface area contributed by atoms with Gasteiger partial charge in [-0.1, -0.05) is 12.8 Å². The van der Waals surface area contributed by atoms with Gasteiger partial charge < -0.3 is 5.32 Å². The predicted octanol–water partition coefficient (Wildman–Crippen LogP) is 1.22. The zero-order chi connectivity index (χ0) is 13.8. The Morgan fingerprint density at radius 2 is 2.21 bits per heavy atom. The van der Waals surface area contributed by atoms with Crippen molar-refractivity contribution in [1.82, 2.24) is 20.0 Å². The number of carbonyl (C=O) groups is 1. The molecule has 1 N–H and O–H groups in total. The van der Waals surface area contributed by atoms with Crippen LogP contribution in [0.15, 0.2) is 6.20 Å². The lowest BCUT2D eigenvalue weighted by molar-refractivity contribution is -0.122. The van der Waals surface area contributed by atoms with Crippen LogP contribution in [-0.4, -0.2) is 40.2 Å². The molecule has 0 bridgehead atoms. The molecule has 1 aromatic rings. The van der Waals surface area contributed by atoms with E-state index in [-0.39, 0.29) is 5.91 Å². The first-order valence-corrected chi connectivity index (χ1v) is 7.01. The average molecular weight is 264 g/mol. The summed E-state index contributed by atoms with van der Waals surface area (Å²) in [6, 6.07) is 0.404. The Hall–Kier alpha value is -1.36. The third kappa shape index (κ3) is 3.80. The molecule has 0 spiro atoms. The third-order valence-electron chi connectivity index (χ3n) is 3.91. The zero-order valence-electron chi connectivity index (χ0n) is 12.1. The fourth-order valence-corrected chi connectivity index (χ4v) is 2.63. The van der Waals surface area contributed by atoms with Gasteiger partial charge in [0.15, 0.2) is 0 Å². The van der Waals surface area contributed by atoms with E-state index in [1.807, 2.05) is 29.9 Å². The Bertz CT molecular complexity index is 435. The first kappa shape index (κ1) is 14.1. The van der Waals surface area contributed by atoms with Crippen LogP contribution in [0.2, 0.25) is 0 Å². The van der Waals surface area contributed by atoms with Gasteiger partial charge in [0.05, 0.1) is 12.7 Å². The second-order valence-electron chi connectivity index (χ2n) is 5.60. The van der Waals surface area contributed by atoms with Crippen molar-refractivity contribution >= 4 is 5.91 Å². The summed E-state index contributed by atoms with van der Waals surface area (Å²) in [4.78, 5) is 14.0. The molecule has 19 heavy (non-hydrogen) atoms. The first-order valence-electron chi connectivity index (χ1n) is 7.01. The van der Waals surface area contributed by atoms with Crippen LogP contribution in [0.4, 0.5) is 0 Å². The van der Waals surface area contributed by atoms with E-state index in [4.69, 9.17) is 0 Å². The summed E-state index contributed by atoms with van der Waals surface area (Å²) in [6.07, 6.45) is 6.64. The molecule has 0 saturated heterocycles. The maximum absolute atomic E-state index is 11.9. The Kier molecular flexibility index (Phi) is 4.58. The molecule has 0 aliphatic heterocycles. The molecule has 1 amide bonds. The number of amides is 1. The summed E-state index contributed by atoms with van der Waals surface area (Å²) in [5, 5.41) is 7.33. The van der Waals surface area contributed by atoms with Crippen LogP contribution in [0, 0.1) is 6.92 Å². The standard InChI is InChI=1S/C14H24N4O/c1-11-12(8-15-18(11)3)9-17(2)10-14(19)16-13-6-4-5-7-13/h8,13H,4-7,9-10H2,1-3H3,(H,16,19). The molecule has 1 fully saturated rings. The van der Waals surface area contributed by atoms with Gasteiger partial charge in [-0.25, -0.2) is 0 Å². The minimum atomic E-state index is 0.135. The predicted molar refractivity (Wildman–Crippen MR) is 74.7 cm³/mol. The second-order valence-corrected chi connectivity index (χ2v) is 5.60. The van der Waals surface area contributed by atoms with E-state index in [9.17, 15) is 4.79 Å². The minimum Gasteiger partial charge on any atom is -0.352 e. The molecule has 106 valence electrons. The molecular weight excluding hydrogens is 240 g/mol. The van der Waals surface area contributed by atoms with E-state index in [1.165, 1.54) is 18.4 Å². The monoisotopic (exact) mass is 264 g/mol. The van der Waals surface area contributed by atoms with Crippen molar-refractivity contribution in [2.24, 2.45) is 7.05 Å². The van der Waals surface area contributed by atoms with Crippen molar-refractivity contribution in [1.29, 1.82) is 0 Å². The van der Waals surface area contributed by atoms with E-state index < -0.39 is 0 Å². The Morgan fingerprint density at radius 3 is 2.79 bits per heavy atom. The molecule has 1 aromatic heterocycles. The maximum Gasteiger partial charge on any atom is 0.234 e. The summed E-state index contributed by atoms with van der Waals surface area (Å²) >= 11 is 0. The van der Waals surface area contributed by atoms with Crippen molar-refractivity contribution in [3.8, 4) is 0 Å². The Balaban J connectivity index is 1.78. The van der Waals surface area contributed by atoms with Gasteiger partial charge in [0.25, 0.3) is 0 Å². The highest BCUT2D eigenvalue weighted by Gasteiger charge is 2.18. The lowest BCUT2D eigenvalue weighted by Gasteiger charge is -2.18. The van der Waals surface area contributed by atoms with Crippen LogP contribution in [-0.2, 0) is 18.4 Å². The van der Waals surface area contributed by atoms with Crippen LogP contribution in [0.5, 0.6) is 0 Å². The van der Waals surface area contributed by atoms with Crippen LogP contribution >= 0.6 is 0 Å². The normalized spacial score (nSPS) is 16.2. The smallest absolute Gasteiger partial charge is 0.234 e. The molecular formula is C14H24N4O. The van der Waals surface area contributed by atoms with Crippen molar-refractivity contribution in [3.63, 3.8) is 0 Å². The molecule has 1 aliphatic carbocycles. The van der Waals surface area contributed by atoms with Gasteiger partial charge in [-0.2, -0.15) is 5.10 Å². The van der Waals surface area contributed by atoms with Crippen LogP contribution in [0.25, 0.3) is 0 Å². The number of rotatable bonds is 5. The number of nitrogens with one attached hydrogen (secondary N) is 1. The fourth-order valence-electron chi connectivity index (χ4n) is 2.63. The average Bonchev–Trinajstić information content (AvgIpc) is 2.94. The van der Waals surface area contributed by atoms with Crippen molar-refractivity contribution in [3.05, 3.63) is 17.5 Å². The molecule has 0 unspecified atom stereocenters. The molecule has 5 nitrogen and oxygen atoms in total. The van der Waals surface area contributed by atoms with Gasteiger partial charge in [0, 0.05) is 30.9 Å². The van der Waals surface area contributed by atoms with Crippen molar-refractivity contribution in [2.75, 3.05) is 13.6 Å². The largest absolute Gasteiger partial charge is 0.352 e. The molecule has 1 saturated carbocycles. The number of carbonyl (C=O) groups excluding carboxylic acids is 1. The molecule has 0 atom stereocenters. The SMILES string of the molecule is Cc1c(CN(C)CC(=O)NC2CCCC2)cnn1C. The summed E-state index contributed by atoms with van der Waals surface area (Å²) in [5.41, 5.74) is 2.33. The topological polar surface area (TPSA) is 50.2 Å². The maximum atomic E-state index is 11.9. The van der Waals surface area contributed by atoms with Gasteiger partial charge in [-0.15, -0.1) is 0 Å². The molecule has 0 radical (unpaired) electrons. The van der Waals surface area contributed by atoms with Gasteiger partial charge in [-0.3, -0.25) is 14.4 Å². The highest BCUT2D eigenvalue weighted by molar-refractivity contribution is 5.78. The van der Waals surface area contributed by atoms with Crippen LogP contribution in [0.3, 0.4) is 0 Å². The van der Waals surface area contributed by atoms with E-state index >= 15 is 0 Å². The van der Waals surface area contributed by atoms with E-state index in [2.05, 4.69) is 17.3 Å². The molecule has 1 aliphatic rings. The summed E-state index contributed by atoms with van der Waals surface area (Å²) in [7, 11) is 3.91. The van der Waals surface area contributed by atoms with E-state index in [1.54, 1.807) is 0 Å². The number of hydrogen-bond donors (Lipinski definition) is 1. The van der Waals surface area contributed by atoms with Crippen LogP contribution in [0.1, 0.15) is 36.9 Å².